The first-order chi connectivity index (χ1) is 12.8. The van der Waals surface area contributed by atoms with Crippen LogP contribution in [-0.2, 0) is 14.3 Å². The van der Waals surface area contributed by atoms with Crippen LogP contribution in [0.3, 0.4) is 0 Å². The Morgan fingerprint density at radius 2 is 1.78 bits per heavy atom. The number of ether oxygens (including phenoxy) is 1. The van der Waals surface area contributed by atoms with E-state index in [-0.39, 0.29) is 6.10 Å². The fourth-order valence-electron chi connectivity index (χ4n) is 7.84. The Kier molecular flexibility index (Phi) is 5.05. The van der Waals surface area contributed by atoms with Gasteiger partial charge in [0.25, 0.3) is 0 Å². The second-order valence-corrected chi connectivity index (χ2v) is 10.6. The molecule has 27 heavy (non-hydrogen) atoms. The largest absolute Gasteiger partial charge is 0.481 e. The highest BCUT2D eigenvalue weighted by Gasteiger charge is 2.57. The van der Waals surface area contributed by atoms with Crippen molar-refractivity contribution < 1.29 is 19.4 Å². The zero-order valence-corrected chi connectivity index (χ0v) is 17.0. The van der Waals surface area contributed by atoms with Crippen LogP contribution in [0.15, 0.2) is 0 Å². The summed E-state index contributed by atoms with van der Waals surface area (Å²) >= 11 is 0. The number of hydrogen-bond donors (Lipinski definition) is 1. The maximum absolute atomic E-state index is 11.8. The monoisotopic (exact) mass is 376 g/mol. The minimum atomic E-state index is -1.10. The van der Waals surface area contributed by atoms with Gasteiger partial charge in [-0.3, -0.25) is 9.59 Å². The Balaban J connectivity index is 1.44. The second kappa shape index (κ2) is 7.08. The Morgan fingerprint density at radius 1 is 0.963 bits per heavy atom. The van der Waals surface area contributed by atoms with Crippen LogP contribution in [0, 0.1) is 34.5 Å². The van der Waals surface area contributed by atoms with Gasteiger partial charge < -0.3 is 9.84 Å². The van der Waals surface area contributed by atoms with Gasteiger partial charge in [0.1, 0.15) is 12.5 Å². The van der Waals surface area contributed by atoms with E-state index in [0.717, 1.165) is 37.0 Å². The van der Waals surface area contributed by atoms with E-state index in [4.69, 9.17) is 9.84 Å². The molecule has 0 amide bonds. The van der Waals surface area contributed by atoms with Crippen molar-refractivity contribution >= 4 is 11.9 Å². The van der Waals surface area contributed by atoms with Gasteiger partial charge in [-0.2, -0.15) is 0 Å². The molecule has 0 aliphatic heterocycles. The molecule has 0 aromatic heterocycles. The normalized spacial score (nSPS) is 46.5. The highest BCUT2D eigenvalue weighted by molar-refractivity contribution is 5.90. The smallest absolute Gasteiger partial charge is 0.317 e. The molecule has 0 radical (unpaired) electrons. The van der Waals surface area contributed by atoms with E-state index in [1.807, 2.05) is 0 Å². The molecule has 1 unspecified atom stereocenters. The summed E-state index contributed by atoms with van der Waals surface area (Å²) in [5.41, 5.74) is 0.976. The molecule has 4 saturated carbocycles. The molecule has 0 spiro atoms. The van der Waals surface area contributed by atoms with Gasteiger partial charge >= 0.3 is 11.9 Å². The molecule has 1 N–H and O–H groups in total. The molecule has 4 fully saturated rings. The van der Waals surface area contributed by atoms with Crippen molar-refractivity contribution in [2.24, 2.45) is 34.5 Å². The summed E-state index contributed by atoms with van der Waals surface area (Å²) in [6, 6.07) is 0. The molecule has 0 saturated heterocycles. The standard InChI is InChI=1S/C23H36O4/c1-22-10-4-3-5-18(22)17-7-6-15-13-16(27-21(26)14-20(24)25)8-12-23(15,2)19(17)9-11-22/h15-19H,3-14H2,1-2H3,(H,24,25)/t15-,16-,17+,18?,19+,22+,23+/m1/s1. The average Bonchev–Trinajstić information content (AvgIpc) is 2.60. The zero-order chi connectivity index (χ0) is 19.2. The predicted octanol–water partition coefficient (Wildman–Crippen LogP) is 5.20. The van der Waals surface area contributed by atoms with Gasteiger partial charge in [-0.1, -0.05) is 26.7 Å². The molecular formula is C23H36O4. The molecule has 0 bridgehead atoms. The van der Waals surface area contributed by atoms with Crippen LogP contribution in [0.2, 0.25) is 0 Å². The quantitative estimate of drug-likeness (QED) is 0.543. The van der Waals surface area contributed by atoms with Gasteiger partial charge in [0.2, 0.25) is 0 Å². The Hall–Kier alpha value is -1.06. The SMILES string of the molecule is C[C@@]12CCCCC1[C@@H]1CC[C@@H]3C[C@H](OC(=O)CC(=O)O)CC[C@]3(C)[C@H]1CC2. The van der Waals surface area contributed by atoms with E-state index in [1.54, 1.807) is 0 Å². The van der Waals surface area contributed by atoms with Gasteiger partial charge in [-0.05, 0) is 92.3 Å². The van der Waals surface area contributed by atoms with Crippen LogP contribution in [0.5, 0.6) is 0 Å². The molecule has 0 aromatic carbocycles. The molecule has 4 aliphatic rings. The summed E-state index contributed by atoms with van der Waals surface area (Å²) in [4.78, 5) is 22.5. The van der Waals surface area contributed by atoms with E-state index < -0.39 is 18.4 Å². The first kappa shape index (κ1) is 19.3. The number of esters is 1. The molecule has 4 aliphatic carbocycles. The zero-order valence-electron chi connectivity index (χ0n) is 17.0. The Labute approximate surface area is 163 Å². The van der Waals surface area contributed by atoms with Gasteiger partial charge in [0.05, 0.1) is 0 Å². The number of fused-ring (bicyclic) bond motifs is 5. The molecule has 4 nitrogen and oxygen atoms in total. The third kappa shape index (κ3) is 3.42. The average molecular weight is 377 g/mol. The van der Waals surface area contributed by atoms with E-state index in [9.17, 15) is 9.59 Å². The number of carbonyl (C=O) groups excluding carboxylic acids is 1. The Bertz CT molecular complexity index is 601. The highest BCUT2D eigenvalue weighted by Crippen LogP contribution is 2.65. The summed E-state index contributed by atoms with van der Waals surface area (Å²) in [5, 5.41) is 8.79. The Morgan fingerprint density at radius 3 is 2.56 bits per heavy atom. The number of rotatable bonds is 3. The third-order valence-electron chi connectivity index (χ3n) is 9.24. The van der Waals surface area contributed by atoms with E-state index in [0.29, 0.717) is 16.7 Å². The van der Waals surface area contributed by atoms with Crippen molar-refractivity contribution in [1.29, 1.82) is 0 Å². The van der Waals surface area contributed by atoms with Crippen LogP contribution < -0.4 is 0 Å². The number of carboxylic acid groups (broad SMARTS) is 1. The molecule has 4 heteroatoms. The molecule has 152 valence electrons. The summed E-state index contributed by atoms with van der Waals surface area (Å²) in [5.74, 6) is 1.62. The minimum Gasteiger partial charge on any atom is -0.481 e. The molecule has 0 heterocycles. The summed E-state index contributed by atoms with van der Waals surface area (Å²) in [6.07, 6.45) is 13.5. The van der Waals surface area contributed by atoms with E-state index in [2.05, 4.69) is 13.8 Å². The van der Waals surface area contributed by atoms with Crippen LogP contribution >= 0.6 is 0 Å². The number of carboxylic acids is 1. The van der Waals surface area contributed by atoms with Crippen LogP contribution in [0.1, 0.15) is 90.9 Å². The van der Waals surface area contributed by atoms with E-state index >= 15 is 0 Å². The maximum atomic E-state index is 11.8. The van der Waals surface area contributed by atoms with Crippen molar-refractivity contribution in [3.05, 3.63) is 0 Å². The lowest BCUT2D eigenvalue weighted by atomic mass is 9.43. The number of hydrogen-bond acceptors (Lipinski definition) is 3. The van der Waals surface area contributed by atoms with Gasteiger partial charge in [0.15, 0.2) is 0 Å². The number of aliphatic carboxylic acids is 1. The van der Waals surface area contributed by atoms with Crippen LogP contribution in [-0.4, -0.2) is 23.1 Å². The minimum absolute atomic E-state index is 0.0741. The maximum Gasteiger partial charge on any atom is 0.317 e. The first-order valence-electron chi connectivity index (χ1n) is 11.2. The van der Waals surface area contributed by atoms with Crippen LogP contribution in [0.25, 0.3) is 0 Å². The summed E-state index contributed by atoms with van der Waals surface area (Å²) < 4.78 is 5.51. The van der Waals surface area contributed by atoms with Gasteiger partial charge in [0, 0.05) is 0 Å². The fourth-order valence-corrected chi connectivity index (χ4v) is 7.84. The second-order valence-electron chi connectivity index (χ2n) is 10.6. The lowest BCUT2D eigenvalue weighted by molar-refractivity contribution is -0.167. The summed E-state index contributed by atoms with van der Waals surface area (Å²) in [6.45, 7) is 5.09. The van der Waals surface area contributed by atoms with Gasteiger partial charge in [-0.25, -0.2) is 0 Å². The highest BCUT2D eigenvalue weighted by atomic mass is 16.5. The number of carbonyl (C=O) groups is 2. The predicted molar refractivity (Wildman–Crippen MR) is 103 cm³/mol. The van der Waals surface area contributed by atoms with Crippen molar-refractivity contribution in [2.45, 2.75) is 97.0 Å². The first-order valence-corrected chi connectivity index (χ1v) is 11.2. The van der Waals surface area contributed by atoms with Crippen molar-refractivity contribution in [1.82, 2.24) is 0 Å². The lowest BCUT2D eigenvalue weighted by Crippen LogP contribution is -2.55. The summed E-state index contributed by atoms with van der Waals surface area (Å²) in [7, 11) is 0. The molecule has 4 rings (SSSR count). The molecule has 7 atom stereocenters. The fraction of sp³-hybridized carbons (Fsp3) is 0.913. The van der Waals surface area contributed by atoms with Crippen molar-refractivity contribution in [2.75, 3.05) is 0 Å². The van der Waals surface area contributed by atoms with Crippen molar-refractivity contribution in [3.63, 3.8) is 0 Å². The molecule has 0 aromatic rings. The van der Waals surface area contributed by atoms with Crippen molar-refractivity contribution in [3.8, 4) is 0 Å². The van der Waals surface area contributed by atoms with Crippen LogP contribution in [0.4, 0.5) is 0 Å². The topological polar surface area (TPSA) is 63.6 Å². The third-order valence-corrected chi connectivity index (χ3v) is 9.24. The van der Waals surface area contributed by atoms with E-state index in [1.165, 1.54) is 51.4 Å². The lowest BCUT2D eigenvalue weighted by Gasteiger charge is -2.62. The molecular weight excluding hydrogens is 340 g/mol. The van der Waals surface area contributed by atoms with Gasteiger partial charge in [-0.15, -0.1) is 0 Å².